The number of imide groups is 1. The Hall–Kier alpha value is -3.86. The van der Waals surface area contributed by atoms with Crippen LogP contribution in [-0.4, -0.2) is 41.9 Å². The summed E-state index contributed by atoms with van der Waals surface area (Å²) >= 11 is 0. The molecule has 3 rings (SSSR count). The highest BCUT2D eigenvalue weighted by molar-refractivity contribution is 6.10. The second-order valence-corrected chi connectivity index (χ2v) is 8.11. The standard InChI is InChI=1S/C24H27N5O3/c1-5-28(16(2)3)20-12-10-19(11-13-20)26-21(30)15-29-22(31)24(4,27-23(29)32)18-8-6-17(14-25)7-9-18/h6-13,16H,5,15H2,1-4H3,(H,26,30)(H,27,32). The van der Waals surface area contributed by atoms with Gasteiger partial charge in [0.25, 0.3) is 5.91 Å². The van der Waals surface area contributed by atoms with E-state index in [4.69, 9.17) is 5.26 Å². The van der Waals surface area contributed by atoms with Crippen molar-refractivity contribution in [2.45, 2.75) is 39.3 Å². The smallest absolute Gasteiger partial charge is 0.325 e. The number of rotatable bonds is 7. The molecule has 4 amide bonds. The Balaban J connectivity index is 1.68. The van der Waals surface area contributed by atoms with Gasteiger partial charge in [-0.3, -0.25) is 14.5 Å². The van der Waals surface area contributed by atoms with Crippen molar-refractivity contribution in [1.29, 1.82) is 5.26 Å². The van der Waals surface area contributed by atoms with Gasteiger partial charge in [0.2, 0.25) is 5.91 Å². The van der Waals surface area contributed by atoms with E-state index >= 15 is 0 Å². The molecule has 0 aliphatic carbocycles. The maximum Gasteiger partial charge on any atom is 0.325 e. The van der Waals surface area contributed by atoms with Gasteiger partial charge >= 0.3 is 6.03 Å². The third-order valence-electron chi connectivity index (χ3n) is 5.61. The summed E-state index contributed by atoms with van der Waals surface area (Å²) in [6.45, 7) is 8.36. The molecule has 2 N–H and O–H groups in total. The van der Waals surface area contributed by atoms with E-state index in [0.717, 1.165) is 17.1 Å². The number of hydrogen-bond acceptors (Lipinski definition) is 5. The molecular weight excluding hydrogens is 406 g/mol. The highest BCUT2D eigenvalue weighted by Gasteiger charge is 2.49. The van der Waals surface area contributed by atoms with Crippen molar-refractivity contribution in [2.75, 3.05) is 23.3 Å². The number of carbonyl (C=O) groups excluding carboxylic acids is 3. The van der Waals surface area contributed by atoms with Gasteiger partial charge in [-0.25, -0.2) is 4.79 Å². The molecule has 0 bridgehead atoms. The van der Waals surface area contributed by atoms with Gasteiger partial charge in [0.05, 0.1) is 11.6 Å². The maximum absolute atomic E-state index is 13.0. The Morgan fingerprint density at radius 2 is 1.78 bits per heavy atom. The van der Waals surface area contributed by atoms with Crippen LogP contribution in [0.15, 0.2) is 48.5 Å². The molecule has 32 heavy (non-hydrogen) atoms. The molecule has 1 aliphatic rings. The predicted octanol–water partition coefficient (Wildman–Crippen LogP) is 3.20. The van der Waals surface area contributed by atoms with Gasteiger partial charge in [-0.1, -0.05) is 12.1 Å². The molecule has 1 saturated heterocycles. The summed E-state index contributed by atoms with van der Waals surface area (Å²) in [4.78, 5) is 41.1. The number of nitriles is 1. The van der Waals surface area contributed by atoms with Crippen LogP contribution in [-0.2, 0) is 15.1 Å². The Kier molecular flexibility index (Phi) is 6.49. The number of hydrogen-bond donors (Lipinski definition) is 2. The van der Waals surface area contributed by atoms with Gasteiger partial charge in [0.15, 0.2) is 0 Å². The molecule has 1 atom stereocenters. The van der Waals surface area contributed by atoms with Crippen molar-refractivity contribution >= 4 is 29.2 Å². The first-order chi connectivity index (χ1) is 15.2. The minimum absolute atomic E-state index is 0.352. The Bertz CT molecular complexity index is 1060. The van der Waals surface area contributed by atoms with Gasteiger partial charge in [0.1, 0.15) is 12.1 Å². The summed E-state index contributed by atoms with van der Waals surface area (Å²) in [5.41, 5.74) is 1.33. The summed E-state index contributed by atoms with van der Waals surface area (Å²) in [5, 5.41) is 14.3. The summed E-state index contributed by atoms with van der Waals surface area (Å²) in [5.74, 6) is -0.991. The quantitative estimate of drug-likeness (QED) is 0.653. The zero-order chi connectivity index (χ0) is 23.5. The van der Waals surface area contributed by atoms with Crippen molar-refractivity contribution in [1.82, 2.24) is 10.2 Å². The first kappa shape index (κ1) is 22.8. The van der Waals surface area contributed by atoms with Gasteiger partial charge in [0, 0.05) is 24.0 Å². The topological polar surface area (TPSA) is 106 Å². The summed E-state index contributed by atoms with van der Waals surface area (Å²) in [6, 6.07) is 15.6. The number of nitrogens with zero attached hydrogens (tertiary/aromatic N) is 3. The van der Waals surface area contributed by atoms with Crippen molar-refractivity contribution in [3.63, 3.8) is 0 Å². The van der Waals surface area contributed by atoms with Crippen LogP contribution in [0.5, 0.6) is 0 Å². The monoisotopic (exact) mass is 433 g/mol. The zero-order valence-corrected chi connectivity index (χ0v) is 18.7. The molecule has 166 valence electrons. The van der Waals surface area contributed by atoms with Gasteiger partial charge < -0.3 is 15.5 Å². The number of benzene rings is 2. The normalized spacial score (nSPS) is 17.8. The molecule has 8 nitrogen and oxygen atoms in total. The third-order valence-corrected chi connectivity index (χ3v) is 5.61. The third kappa shape index (κ3) is 4.42. The van der Waals surface area contributed by atoms with Crippen LogP contribution in [0.3, 0.4) is 0 Å². The molecule has 1 unspecified atom stereocenters. The molecule has 0 radical (unpaired) electrons. The van der Waals surface area contributed by atoms with Crippen LogP contribution < -0.4 is 15.5 Å². The molecule has 0 saturated carbocycles. The average Bonchev–Trinajstić information content (AvgIpc) is 2.99. The molecule has 1 fully saturated rings. The fraction of sp³-hybridized carbons (Fsp3) is 0.333. The van der Waals surface area contributed by atoms with E-state index in [-0.39, 0.29) is 0 Å². The lowest BCUT2D eigenvalue weighted by Gasteiger charge is -2.27. The van der Waals surface area contributed by atoms with Crippen LogP contribution in [0.1, 0.15) is 38.8 Å². The molecule has 2 aromatic carbocycles. The van der Waals surface area contributed by atoms with E-state index in [2.05, 4.69) is 36.3 Å². The number of nitrogens with one attached hydrogen (secondary N) is 2. The molecule has 0 aromatic heterocycles. The molecule has 2 aromatic rings. The highest BCUT2D eigenvalue weighted by atomic mass is 16.2. The first-order valence-corrected chi connectivity index (χ1v) is 10.5. The minimum atomic E-state index is -1.30. The minimum Gasteiger partial charge on any atom is -0.369 e. The van der Waals surface area contributed by atoms with Crippen LogP contribution in [0.2, 0.25) is 0 Å². The molecular formula is C24H27N5O3. The lowest BCUT2D eigenvalue weighted by molar-refractivity contribution is -0.133. The van der Waals surface area contributed by atoms with E-state index in [0.29, 0.717) is 22.9 Å². The first-order valence-electron chi connectivity index (χ1n) is 10.5. The summed E-state index contributed by atoms with van der Waals surface area (Å²) in [7, 11) is 0. The van der Waals surface area contributed by atoms with Crippen LogP contribution in [0, 0.1) is 11.3 Å². The number of carbonyl (C=O) groups is 3. The SMILES string of the molecule is CCN(c1ccc(NC(=O)CN2C(=O)NC(C)(c3ccc(C#N)cc3)C2=O)cc1)C(C)C. The number of urea groups is 1. The van der Waals surface area contributed by atoms with Crippen molar-refractivity contribution in [3.8, 4) is 6.07 Å². The van der Waals surface area contributed by atoms with Crippen LogP contribution >= 0.6 is 0 Å². The Morgan fingerprint density at radius 1 is 1.16 bits per heavy atom. The van der Waals surface area contributed by atoms with E-state index in [9.17, 15) is 14.4 Å². The number of anilines is 2. The zero-order valence-electron chi connectivity index (χ0n) is 18.7. The van der Waals surface area contributed by atoms with Crippen LogP contribution in [0.4, 0.5) is 16.2 Å². The lowest BCUT2D eigenvalue weighted by Crippen LogP contribution is -2.42. The summed E-state index contributed by atoms with van der Waals surface area (Å²) < 4.78 is 0. The second-order valence-electron chi connectivity index (χ2n) is 8.11. The van der Waals surface area contributed by atoms with Gasteiger partial charge in [-0.15, -0.1) is 0 Å². The maximum atomic E-state index is 13.0. The predicted molar refractivity (Wildman–Crippen MR) is 122 cm³/mol. The van der Waals surface area contributed by atoms with Crippen molar-refractivity contribution in [3.05, 3.63) is 59.7 Å². The van der Waals surface area contributed by atoms with Crippen molar-refractivity contribution in [2.24, 2.45) is 0 Å². The second kappa shape index (κ2) is 9.10. The molecule has 1 aliphatic heterocycles. The summed E-state index contributed by atoms with van der Waals surface area (Å²) in [6.07, 6.45) is 0. The Morgan fingerprint density at radius 3 is 2.31 bits per heavy atom. The fourth-order valence-corrected chi connectivity index (χ4v) is 3.84. The van der Waals surface area contributed by atoms with Gasteiger partial charge in [-0.2, -0.15) is 5.26 Å². The van der Waals surface area contributed by atoms with E-state index in [1.54, 1.807) is 43.3 Å². The van der Waals surface area contributed by atoms with E-state index < -0.39 is 29.9 Å². The van der Waals surface area contributed by atoms with Crippen molar-refractivity contribution < 1.29 is 14.4 Å². The van der Waals surface area contributed by atoms with Gasteiger partial charge in [-0.05, 0) is 69.7 Å². The van der Waals surface area contributed by atoms with Crippen LogP contribution in [0.25, 0.3) is 0 Å². The average molecular weight is 434 g/mol. The van der Waals surface area contributed by atoms with E-state index in [1.165, 1.54) is 0 Å². The van der Waals surface area contributed by atoms with E-state index in [1.807, 2.05) is 18.2 Å². The molecule has 8 heteroatoms. The molecule has 0 spiro atoms. The largest absolute Gasteiger partial charge is 0.369 e. The highest BCUT2D eigenvalue weighted by Crippen LogP contribution is 2.29. The number of amides is 4. The lowest BCUT2D eigenvalue weighted by atomic mass is 9.91. The fourth-order valence-electron chi connectivity index (χ4n) is 3.84. The Labute approximate surface area is 187 Å². The molecule has 1 heterocycles.